The Morgan fingerprint density at radius 2 is 2.09 bits per heavy atom. The van der Waals surface area contributed by atoms with Crippen LogP contribution in [0.3, 0.4) is 0 Å². The summed E-state index contributed by atoms with van der Waals surface area (Å²) in [6, 6.07) is 3.95. The van der Waals surface area contributed by atoms with E-state index in [1.54, 1.807) is 7.11 Å². The van der Waals surface area contributed by atoms with Crippen LogP contribution < -0.4 is 4.74 Å². The van der Waals surface area contributed by atoms with Gasteiger partial charge < -0.3 is 9.84 Å². The zero-order chi connectivity index (χ0) is 16.2. The SMILES string of the molecule is COc1cc2c(cc1O)CCC1C2CC[C@]2(C)C(N=O)CCC12. The summed E-state index contributed by atoms with van der Waals surface area (Å²) in [6.07, 6.45) is 6.47. The molecule has 0 aromatic heterocycles. The fraction of sp³-hybridized carbons (Fsp3) is 0.684. The van der Waals surface area contributed by atoms with Gasteiger partial charge in [-0.25, -0.2) is 0 Å². The van der Waals surface area contributed by atoms with Gasteiger partial charge >= 0.3 is 0 Å². The maximum atomic E-state index is 11.3. The molecule has 1 N–H and O–H groups in total. The van der Waals surface area contributed by atoms with Gasteiger partial charge in [-0.05, 0) is 85.0 Å². The van der Waals surface area contributed by atoms with Crippen molar-refractivity contribution in [3.05, 3.63) is 28.2 Å². The maximum Gasteiger partial charge on any atom is 0.160 e. The van der Waals surface area contributed by atoms with E-state index < -0.39 is 0 Å². The molecule has 0 aliphatic heterocycles. The van der Waals surface area contributed by atoms with Gasteiger partial charge in [0.2, 0.25) is 0 Å². The Morgan fingerprint density at radius 1 is 1.26 bits per heavy atom. The Hall–Kier alpha value is -1.58. The number of nitrogens with zero attached hydrogens (tertiary/aromatic N) is 1. The predicted molar refractivity (Wildman–Crippen MR) is 88.9 cm³/mol. The Balaban J connectivity index is 1.71. The number of hydrogen-bond donors (Lipinski definition) is 1. The highest BCUT2D eigenvalue weighted by Crippen LogP contribution is 2.61. The van der Waals surface area contributed by atoms with Crippen LogP contribution in [0, 0.1) is 22.2 Å². The number of fused-ring (bicyclic) bond motifs is 5. The van der Waals surface area contributed by atoms with Gasteiger partial charge in [0, 0.05) is 0 Å². The van der Waals surface area contributed by atoms with E-state index in [-0.39, 0.29) is 17.2 Å². The second-order valence-corrected chi connectivity index (χ2v) is 7.88. The molecule has 0 radical (unpaired) electrons. The van der Waals surface area contributed by atoms with Crippen LogP contribution in [0.4, 0.5) is 0 Å². The number of benzene rings is 1. The molecule has 3 aliphatic rings. The Kier molecular flexibility index (Phi) is 3.40. The number of nitroso groups, excluding NO2 is 1. The summed E-state index contributed by atoms with van der Waals surface area (Å²) < 4.78 is 5.33. The minimum atomic E-state index is 0.00389. The third-order valence-corrected chi connectivity index (χ3v) is 7.10. The Labute approximate surface area is 137 Å². The van der Waals surface area contributed by atoms with Crippen molar-refractivity contribution in [1.82, 2.24) is 0 Å². The van der Waals surface area contributed by atoms with Gasteiger partial charge in [-0.1, -0.05) is 12.1 Å². The minimum absolute atomic E-state index is 0.00389. The third-order valence-electron chi connectivity index (χ3n) is 7.10. The summed E-state index contributed by atoms with van der Waals surface area (Å²) in [7, 11) is 1.61. The van der Waals surface area contributed by atoms with Crippen LogP contribution in [0.25, 0.3) is 0 Å². The van der Waals surface area contributed by atoms with E-state index in [1.165, 1.54) is 11.1 Å². The Bertz CT molecular complexity index is 644. The number of hydrogen-bond acceptors (Lipinski definition) is 4. The van der Waals surface area contributed by atoms with Crippen molar-refractivity contribution in [1.29, 1.82) is 0 Å². The summed E-state index contributed by atoms with van der Waals surface area (Å²) >= 11 is 0. The number of ether oxygens (including phenoxy) is 1. The summed E-state index contributed by atoms with van der Waals surface area (Å²) in [6.45, 7) is 2.29. The zero-order valence-corrected chi connectivity index (χ0v) is 13.9. The summed E-state index contributed by atoms with van der Waals surface area (Å²) in [5, 5.41) is 13.5. The second-order valence-electron chi connectivity index (χ2n) is 7.88. The standard InChI is InChI=1S/C19H25NO3/c1-19-8-7-12-13(15(19)5-6-18(19)20-22)4-3-11-9-16(21)17(23-2)10-14(11)12/h9-10,12-13,15,18,21H,3-8H2,1-2H3/t12?,13?,15?,18?,19-/m0/s1. The molecule has 0 saturated heterocycles. The first-order valence-electron chi connectivity index (χ1n) is 8.80. The van der Waals surface area contributed by atoms with Crippen LogP contribution in [0.2, 0.25) is 0 Å². The molecule has 0 spiro atoms. The molecule has 4 unspecified atom stereocenters. The quantitative estimate of drug-likeness (QED) is 0.823. The van der Waals surface area contributed by atoms with E-state index in [1.807, 2.05) is 6.07 Å². The van der Waals surface area contributed by atoms with Gasteiger partial charge in [-0.2, -0.15) is 4.91 Å². The zero-order valence-electron chi connectivity index (χ0n) is 13.9. The molecule has 2 fully saturated rings. The number of phenols is 1. The number of aryl methyl sites for hydroxylation is 1. The number of phenolic OH excluding ortho intramolecular Hbond substituents is 1. The lowest BCUT2D eigenvalue weighted by Crippen LogP contribution is -2.43. The van der Waals surface area contributed by atoms with Gasteiger partial charge in [0.15, 0.2) is 11.5 Å². The lowest BCUT2D eigenvalue weighted by Gasteiger charge is -2.49. The predicted octanol–water partition coefficient (Wildman–Crippen LogP) is 4.39. The highest BCUT2D eigenvalue weighted by atomic mass is 16.5. The molecular weight excluding hydrogens is 290 g/mol. The van der Waals surface area contributed by atoms with E-state index in [4.69, 9.17) is 4.74 Å². The van der Waals surface area contributed by atoms with Crippen molar-refractivity contribution in [3.63, 3.8) is 0 Å². The summed E-state index contributed by atoms with van der Waals surface area (Å²) in [5.74, 6) is 2.61. The minimum Gasteiger partial charge on any atom is -0.504 e. The second kappa shape index (κ2) is 5.22. The maximum absolute atomic E-state index is 11.3. The lowest BCUT2D eigenvalue weighted by molar-refractivity contribution is 0.0497. The molecule has 3 aliphatic carbocycles. The summed E-state index contributed by atoms with van der Waals surface area (Å²) in [4.78, 5) is 11.3. The van der Waals surface area contributed by atoms with E-state index >= 15 is 0 Å². The van der Waals surface area contributed by atoms with Crippen molar-refractivity contribution in [2.24, 2.45) is 22.4 Å². The average molecular weight is 315 g/mol. The van der Waals surface area contributed by atoms with Crippen LogP contribution in [0.5, 0.6) is 11.5 Å². The number of rotatable bonds is 2. The summed E-state index contributed by atoms with van der Waals surface area (Å²) in [5.41, 5.74) is 2.73. The first kappa shape index (κ1) is 15.0. The molecular formula is C19H25NO3. The highest BCUT2D eigenvalue weighted by molar-refractivity contribution is 5.49. The van der Waals surface area contributed by atoms with Crippen LogP contribution in [0.15, 0.2) is 17.3 Å². The molecule has 4 heteroatoms. The van der Waals surface area contributed by atoms with Gasteiger partial charge in [-0.15, -0.1) is 0 Å². The molecule has 1 aromatic rings. The van der Waals surface area contributed by atoms with Crippen molar-refractivity contribution in [3.8, 4) is 11.5 Å². The van der Waals surface area contributed by atoms with Crippen molar-refractivity contribution < 1.29 is 9.84 Å². The largest absolute Gasteiger partial charge is 0.504 e. The van der Waals surface area contributed by atoms with Crippen molar-refractivity contribution in [2.45, 2.75) is 57.4 Å². The van der Waals surface area contributed by atoms with Gasteiger partial charge in [0.05, 0.1) is 13.2 Å². The van der Waals surface area contributed by atoms with E-state index in [0.29, 0.717) is 23.5 Å². The normalized spacial score (nSPS) is 38.3. The fourth-order valence-corrected chi connectivity index (χ4v) is 5.90. The monoisotopic (exact) mass is 315 g/mol. The number of methoxy groups -OCH3 is 1. The Morgan fingerprint density at radius 3 is 2.83 bits per heavy atom. The molecule has 0 heterocycles. The molecule has 0 bridgehead atoms. The molecule has 4 rings (SSSR count). The van der Waals surface area contributed by atoms with Gasteiger partial charge in [-0.3, -0.25) is 0 Å². The molecule has 124 valence electrons. The van der Waals surface area contributed by atoms with E-state index in [2.05, 4.69) is 18.2 Å². The molecule has 4 nitrogen and oxygen atoms in total. The van der Waals surface area contributed by atoms with Crippen LogP contribution in [-0.4, -0.2) is 18.3 Å². The topological polar surface area (TPSA) is 58.9 Å². The third kappa shape index (κ3) is 2.03. The van der Waals surface area contributed by atoms with Crippen molar-refractivity contribution in [2.75, 3.05) is 7.11 Å². The molecule has 2 saturated carbocycles. The van der Waals surface area contributed by atoms with E-state index in [9.17, 15) is 10.0 Å². The molecule has 23 heavy (non-hydrogen) atoms. The van der Waals surface area contributed by atoms with Crippen LogP contribution in [0.1, 0.15) is 56.1 Å². The molecule has 0 amide bonds. The fourth-order valence-electron chi connectivity index (χ4n) is 5.90. The lowest BCUT2D eigenvalue weighted by atomic mass is 9.55. The first-order valence-corrected chi connectivity index (χ1v) is 8.80. The van der Waals surface area contributed by atoms with E-state index in [0.717, 1.165) is 38.5 Å². The average Bonchev–Trinajstić information content (AvgIpc) is 2.90. The van der Waals surface area contributed by atoms with Gasteiger partial charge in [0.25, 0.3) is 0 Å². The number of aromatic hydroxyl groups is 1. The van der Waals surface area contributed by atoms with Crippen molar-refractivity contribution >= 4 is 0 Å². The smallest absolute Gasteiger partial charge is 0.160 e. The van der Waals surface area contributed by atoms with Gasteiger partial charge in [0.1, 0.15) is 0 Å². The molecule has 1 aromatic carbocycles. The highest BCUT2D eigenvalue weighted by Gasteiger charge is 2.55. The van der Waals surface area contributed by atoms with Crippen LogP contribution in [-0.2, 0) is 6.42 Å². The van der Waals surface area contributed by atoms with Crippen LogP contribution >= 0.6 is 0 Å². The molecule has 5 atom stereocenters. The first-order chi connectivity index (χ1) is 11.1.